The third-order valence-corrected chi connectivity index (χ3v) is 4.97. The van der Waals surface area contributed by atoms with E-state index in [-0.39, 0.29) is 0 Å². The van der Waals surface area contributed by atoms with Gasteiger partial charge in [-0.2, -0.15) is 0 Å². The average Bonchev–Trinajstić information content (AvgIpc) is 2.64. The maximum atomic E-state index is 6.04. The van der Waals surface area contributed by atoms with Crippen LogP contribution in [0, 0.1) is 20.8 Å². The Morgan fingerprint density at radius 3 is 2.00 bits per heavy atom. The van der Waals surface area contributed by atoms with Gasteiger partial charge < -0.3 is 4.74 Å². The van der Waals surface area contributed by atoms with E-state index in [1.807, 2.05) is 0 Å². The first-order chi connectivity index (χ1) is 12.6. The van der Waals surface area contributed by atoms with E-state index < -0.39 is 0 Å². The van der Waals surface area contributed by atoms with Gasteiger partial charge in [0.2, 0.25) is 0 Å². The summed E-state index contributed by atoms with van der Waals surface area (Å²) in [5.74, 6) is 1.01. The van der Waals surface area contributed by atoms with Gasteiger partial charge in [-0.05, 0) is 61.1 Å². The monoisotopic (exact) mass is 350 g/mol. The first-order valence-electron chi connectivity index (χ1n) is 10.1. The molecule has 0 N–H and O–H groups in total. The summed E-state index contributed by atoms with van der Waals surface area (Å²) in [6.45, 7) is 9.50. The van der Waals surface area contributed by atoms with Gasteiger partial charge in [-0.15, -0.1) is 0 Å². The van der Waals surface area contributed by atoms with Gasteiger partial charge in [0.15, 0.2) is 0 Å². The number of ether oxygens (including phenoxy) is 1. The van der Waals surface area contributed by atoms with Gasteiger partial charge in [-0.1, -0.05) is 81.5 Å². The summed E-state index contributed by atoms with van der Waals surface area (Å²) in [6, 6.07) is 13.0. The quantitative estimate of drug-likeness (QED) is 0.318. The Kier molecular flexibility index (Phi) is 8.47. The molecule has 1 heteroatoms. The zero-order valence-electron chi connectivity index (χ0n) is 17.0. The fraction of sp³-hybridized carbons (Fsp3) is 0.440. The van der Waals surface area contributed by atoms with Crippen LogP contribution in [0.1, 0.15) is 73.3 Å². The molecular formula is C25H34O. The van der Waals surface area contributed by atoms with Crippen molar-refractivity contribution in [3.8, 4) is 5.75 Å². The van der Waals surface area contributed by atoms with Crippen LogP contribution in [-0.2, 0) is 0 Å². The molecule has 0 amide bonds. The first kappa shape index (κ1) is 20.3. The second-order valence-corrected chi connectivity index (χ2v) is 7.32. The predicted octanol–water partition coefficient (Wildman–Crippen LogP) is 7.52. The zero-order valence-corrected chi connectivity index (χ0v) is 17.0. The van der Waals surface area contributed by atoms with E-state index in [4.69, 9.17) is 4.74 Å². The normalized spacial score (nSPS) is 11.2. The van der Waals surface area contributed by atoms with Crippen LogP contribution in [-0.4, -0.2) is 6.61 Å². The van der Waals surface area contributed by atoms with Crippen LogP contribution < -0.4 is 4.74 Å². The highest BCUT2D eigenvalue weighted by atomic mass is 16.5. The highest BCUT2D eigenvalue weighted by Crippen LogP contribution is 2.22. The zero-order chi connectivity index (χ0) is 18.8. The van der Waals surface area contributed by atoms with Crippen molar-refractivity contribution in [1.29, 1.82) is 0 Å². The number of benzene rings is 2. The van der Waals surface area contributed by atoms with Crippen LogP contribution in [0.25, 0.3) is 12.2 Å². The van der Waals surface area contributed by atoms with Crippen LogP contribution in [0.5, 0.6) is 5.75 Å². The standard InChI is InChI=1S/C25H34O/c1-5-6-7-8-9-10-17-26-25-19-24(14-12-21(25)3)16-15-23-13-11-20(2)22(4)18-23/h11-16,18-19H,5-10,17H2,1-4H3/b16-15+. The van der Waals surface area contributed by atoms with E-state index in [9.17, 15) is 0 Å². The van der Waals surface area contributed by atoms with Gasteiger partial charge in [0, 0.05) is 0 Å². The number of aryl methyl sites for hydroxylation is 3. The Bertz CT molecular complexity index is 712. The van der Waals surface area contributed by atoms with Gasteiger partial charge in [-0.25, -0.2) is 0 Å². The maximum absolute atomic E-state index is 6.04. The van der Waals surface area contributed by atoms with E-state index in [0.717, 1.165) is 18.8 Å². The van der Waals surface area contributed by atoms with Crippen molar-refractivity contribution in [3.63, 3.8) is 0 Å². The molecule has 0 unspecified atom stereocenters. The molecule has 140 valence electrons. The fourth-order valence-corrected chi connectivity index (χ4v) is 3.00. The smallest absolute Gasteiger partial charge is 0.122 e. The molecule has 2 rings (SSSR count). The molecule has 0 saturated carbocycles. The Labute approximate surface area is 160 Å². The molecule has 0 aliphatic heterocycles. The maximum Gasteiger partial charge on any atom is 0.122 e. The number of hydrogen-bond acceptors (Lipinski definition) is 1. The second kappa shape index (κ2) is 10.9. The number of unbranched alkanes of at least 4 members (excludes halogenated alkanes) is 5. The largest absolute Gasteiger partial charge is 0.493 e. The van der Waals surface area contributed by atoms with Crippen molar-refractivity contribution >= 4 is 12.2 Å². The number of hydrogen-bond donors (Lipinski definition) is 0. The molecule has 0 aliphatic carbocycles. The molecule has 0 aliphatic rings. The van der Waals surface area contributed by atoms with Crippen molar-refractivity contribution in [1.82, 2.24) is 0 Å². The summed E-state index contributed by atoms with van der Waals surface area (Å²) < 4.78 is 6.04. The molecule has 0 radical (unpaired) electrons. The molecular weight excluding hydrogens is 316 g/mol. The minimum atomic E-state index is 0.817. The molecule has 0 heterocycles. The lowest BCUT2D eigenvalue weighted by atomic mass is 10.0. The molecule has 2 aromatic carbocycles. The molecule has 2 aromatic rings. The topological polar surface area (TPSA) is 9.23 Å². The van der Waals surface area contributed by atoms with Gasteiger partial charge in [-0.3, -0.25) is 0 Å². The van der Waals surface area contributed by atoms with E-state index in [1.165, 1.54) is 59.9 Å². The van der Waals surface area contributed by atoms with Crippen LogP contribution in [0.3, 0.4) is 0 Å². The van der Waals surface area contributed by atoms with Crippen LogP contribution in [0.15, 0.2) is 36.4 Å². The van der Waals surface area contributed by atoms with Gasteiger partial charge >= 0.3 is 0 Å². The van der Waals surface area contributed by atoms with Crippen LogP contribution >= 0.6 is 0 Å². The van der Waals surface area contributed by atoms with E-state index in [2.05, 4.69) is 76.2 Å². The van der Waals surface area contributed by atoms with Crippen molar-refractivity contribution in [2.45, 2.75) is 66.2 Å². The minimum Gasteiger partial charge on any atom is -0.493 e. The summed E-state index contributed by atoms with van der Waals surface area (Å²) in [4.78, 5) is 0. The first-order valence-corrected chi connectivity index (χ1v) is 10.1. The van der Waals surface area contributed by atoms with Gasteiger partial charge in [0.1, 0.15) is 5.75 Å². The predicted molar refractivity (Wildman–Crippen MR) is 115 cm³/mol. The molecule has 0 fully saturated rings. The second-order valence-electron chi connectivity index (χ2n) is 7.32. The fourth-order valence-electron chi connectivity index (χ4n) is 3.00. The molecule has 0 spiro atoms. The number of rotatable bonds is 10. The third kappa shape index (κ3) is 6.71. The van der Waals surface area contributed by atoms with Crippen LogP contribution in [0.4, 0.5) is 0 Å². The third-order valence-electron chi connectivity index (χ3n) is 4.97. The SMILES string of the molecule is CCCCCCCCOc1cc(/C=C/c2ccc(C)c(C)c2)ccc1C. The summed E-state index contributed by atoms with van der Waals surface area (Å²) >= 11 is 0. The van der Waals surface area contributed by atoms with Crippen molar-refractivity contribution < 1.29 is 4.74 Å². The van der Waals surface area contributed by atoms with E-state index in [0.29, 0.717) is 0 Å². The highest BCUT2D eigenvalue weighted by Gasteiger charge is 2.01. The summed E-state index contributed by atoms with van der Waals surface area (Å²) in [5.41, 5.74) is 6.30. The molecule has 26 heavy (non-hydrogen) atoms. The average molecular weight is 351 g/mol. The van der Waals surface area contributed by atoms with Gasteiger partial charge in [0.05, 0.1) is 6.61 Å². The lowest BCUT2D eigenvalue weighted by Crippen LogP contribution is -1.99. The molecule has 0 saturated heterocycles. The Balaban J connectivity index is 1.89. The van der Waals surface area contributed by atoms with Gasteiger partial charge in [0.25, 0.3) is 0 Å². The summed E-state index contributed by atoms with van der Waals surface area (Å²) in [6.07, 6.45) is 12.1. The Morgan fingerprint density at radius 2 is 1.31 bits per heavy atom. The molecule has 0 atom stereocenters. The Morgan fingerprint density at radius 1 is 0.692 bits per heavy atom. The molecule has 0 aromatic heterocycles. The van der Waals surface area contributed by atoms with E-state index in [1.54, 1.807) is 0 Å². The molecule has 1 nitrogen and oxygen atoms in total. The minimum absolute atomic E-state index is 0.817. The van der Waals surface area contributed by atoms with Crippen molar-refractivity contribution in [2.24, 2.45) is 0 Å². The lowest BCUT2D eigenvalue weighted by Gasteiger charge is -2.10. The van der Waals surface area contributed by atoms with Crippen LogP contribution in [0.2, 0.25) is 0 Å². The van der Waals surface area contributed by atoms with Crippen molar-refractivity contribution in [2.75, 3.05) is 6.61 Å². The van der Waals surface area contributed by atoms with Crippen molar-refractivity contribution in [3.05, 3.63) is 64.2 Å². The lowest BCUT2D eigenvalue weighted by molar-refractivity contribution is 0.302. The van der Waals surface area contributed by atoms with E-state index >= 15 is 0 Å². The highest BCUT2D eigenvalue weighted by molar-refractivity contribution is 5.71. The molecule has 0 bridgehead atoms. The Hall–Kier alpha value is -2.02. The summed E-state index contributed by atoms with van der Waals surface area (Å²) in [7, 11) is 0. The summed E-state index contributed by atoms with van der Waals surface area (Å²) in [5, 5.41) is 0.